The quantitative estimate of drug-likeness (QED) is 0.764. The molecule has 152 valence electrons. The molecule has 29 heavy (non-hydrogen) atoms. The molecule has 2 aromatic carbocycles. The molecule has 5 nitrogen and oxygen atoms in total. The second-order valence-corrected chi connectivity index (χ2v) is 9.78. The average Bonchev–Trinajstić information content (AvgIpc) is 3.15. The summed E-state index contributed by atoms with van der Waals surface area (Å²) in [6.07, 6.45) is 8.74. The number of nitrogens with one attached hydrogen (secondary N) is 1. The summed E-state index contributed by atoms with van der Waals surface area (Å²) in [5, 5.41) is 3.05. The van der Waals surface area contributed by atoms with Crippen LogP contribution in [-0.2, 0) is 21.1 Å². The molecule has 1 aliphatic heterocycles. The van der Waals surface area contributed by atoms with Gasteiger partial charge in [0, 0.05) is 24.2 Å². The number of carbonyl (C=O) groups excluding carboxylic acids is 1. The van der Waals surface area contributed by atoms with E-state index in [0.717, 1.165) is 48.1 Å². The number of hydrogen-bond acceptors (Lipinski definition) is 4. The highest BCUT2D eigenvalue weighted by Crippen LogP contribution is 2.39. The van der Waals surface area contributed by atoms with E-state index in [-0.39, 0.29) is 17.9 Å². The Morgan fingerprint density at radius 1 is 1.14 bits per heavy atom. The number of amides is 1. The standard InChI is InChI=1S/C23H25NO4S/c1-29(26,27)20-12-10-16(11-13-20)21-9-5-8-18-14-19(28-22(18)21)15-24-23(25)17-6-3-2-4-7-17/h2-3,5,8-13,17,19H,4,6-7,14-15H2,1H3,(H,24,25)/t17-,19-/m0/s1. The van der Waals surface area contributed by atoms with Crippen molar-refractivity contribution in [3.63, 3.8) is 0 Å². The number of rotatable bonds is 5. The van der Waals surface area contributed by atoms with Gasteiger partial charge in [0.05, 0.1) is 11.4 Å². The third-order valence-corrected chi connectivity index (χ3v) is 6.69. The van der Waals surface area contributed by atoms with Gasteiger partial charge in [0.1, 0.15) is 11.9 Å². The van der Waals surface area contributed by atoms with Crippen LogP contribution in [0.4, 0.5) is 0 Å². The summed E-state index contributed by atoms with van der Waals surface area (Å²) in [5.41, 5.74) is 2.95. The normalized spacial score (nSPS) is 20.7. The van der Waals surface area contributed by atoms with Gasteiger partial charge in [0.15, 0.2) is 9.84 Å². The Labute approximate surface area is 171 Å². The van der Waals surface area contributed by atoms with Crippen LogP contribution in [0.1, 0.15) is 24.8 Å². The van der Waals surface area contributed by atoms with E-state index in [1.54, 1.807) is 24.3 Å². The highest BCUT2D eigenvalue weighted by atomic mass is 32.2. The minimum atomic E-state index is -3.22. The number of para-hydroxylation sites is 1. The van der Waals surface area contributed by atoms with Crippen molar-refractivity contribution in [3.05, 3.63) is 60.2 Å². The molecule has 2 atom stereocenters. The summed E-state index contributed by atoms with van der Waals surface area (Å²) < 4.78 is 29.6. The van der Waals surface area contributed by atoms with E-state index in [9.17, 15) is 13.2 Å². The number of ether oxygens (including phenoxy) is 1. The summed E-state index contributed by atoms with van der Waals surface area (Å²) in [4.78, 5) is 12.7. The molecule has 0 aromatic heterocycles. The first-order valence-electron chi connectivity index (χ1n) is 9.93. The molecular formula is C23H25NO4S. The lowest BCUT2D eigenvalue weighted by Crippen LogP contribution is -2.38. The average molecular weight is 412 g/mol. The van der Waals surface area contributed by atoms with Gasteiger partial charge in [-0.15, -0.1) is 0 Å². The first kappa shape index (κ1) is 19.7. The maximum atomic E-state index is 12.4. The molecular weight excluding hydrogens is 386 g/mol. The van der Waals surface area contributed by atoms with E-state index in [2.05, 4.69) is 17.5 Å². The molecule has 0 saturated heterocycles. The molecule has 1 heterocycles. The van der Waals surface area contributed by atoms with Crippen LogP contribution in [0.3, 0.4) is 0 Å². The predicted molar refractivity (Wildman–Crippen MR) is 113 cm³/mol. The first-order valence-corrected chi connectivity index (χ1v) is 11.8. The molecule has 0 spiro atoms. The maximum Gasteiger partial charge on any atom is 0.223 e. The summed E-state index contributed by atoms with van der Waals surface area (Å²) in [5.74, 6) is 0.984. The van der Waals surface area contributed by atoms with Crippen LogP contribution in [0.5, 0.6) is 5.75 Å². The largest absolute Gasteiger partial charge is 0.487 e. The summed E-state index contributed by atoms with van der Waals surface area (Å²) in [7, 11) is -3.22. The monoisotopic (exact) mass is 411 g/mol. The fourth-order valence-corrected chi connectivity index (χ4v) is 4.58. The van der Waals surface area contributed by atoms with Crippen molar-refractivity contribution in [2.45, 2.75) is 36.7 Å². The topological polar surface area (TPSA) is 72.5 Å². The highest BCUT2D eigenvalue weighted by Gasteiger charge is 2.27. The van der Waals surface area contributed by atoms with Crippen molar-refractivity contribution in [2.24, 2.45) is 5.92 Å². The van der Waals surface area contributed by atoms with Crippen molar-refractivity contribution >= 4 is 15.7 Å². The van der Waals surface area contributed by atoms with Crippen LogP contribution >= 0.6 is 0 Å². The Hall–Kier alpha value is -2.60. The maximum absolute atomic E-state index is 12.4. The highest BCUT2D eigenvalue weighted by molar-refractivity contribution is 7.90. The van der Waals surface area contributed by atoms with Crippen molar-refractivity contribution in [1.29, 1.82) is 0 Å². The van der Waals surface area contributed by atoms with Crippen LogP contribution < -0.4 is 10.1 Å². The van der Waals surface area contributed by atoms with Crippen molar-refractivity contribution in [2.75, 3.05) is 12.8 Å². The van der Waals surface area contributed by atoms with E-state index in [1.165, 1.54) is 6.26 Å². The van der Waals surface area contributed by atoms with Crippen LogP contribution in [0.2, 0.25) is 0 Å². The molecule has 6 heteroatoms. The molecule has 1 aliphatic carbocycles. The second kappa shape index (κ2) is 8.03. The van der Waals surface area contributed by atoms with Crippen molar-refractivity contribution in [3.8, 4) is 16.9 Å². The zero-order valence-corrected chi connectivity index (χ0v) is 17.2. The third kappa shape index (κ3) is 4.37. The molecule has 0 saturated carbocycles. The number of fused-ring (bicyclic) bond motifs is 1. The molecule has 1 amide bonds. The van der Waals surface area contributed by atoms with Gasteiger partial charge in [-0.3, -0.25) is 4.79 Å². The summed E-state index contributed by atoms with van der Waals surface area (Å²) >= 11 is 0. The van der Waals surface area contributed by atoms with E-state index < -0.39 is 9.84 Å². The lowest BCUT2D eigenvalue weighted by atomic mass is 9.93. The van der Waals surface area contributed by atoms with Crippen LogP contribution in [-0.4, -0.2) is 33.2 Å². The van der Waals surface area contributed by atoms with Gasteiger partial charge in [0.2, 0.25) is 5.91 Å². The van der Waals surface area contributed by atoms with Gasteiger partial charge in [-0.05, 0) is 42.5 Å². The first-order chi connectivity index (χ1) is 13.9. The molecule has 2 aliphatic rings. The van der Waals surface area contributed by atoms with E-state index in [4.69, 9.17) is 4.74 Å². The van der Waals surface area contributed by atoms with E-state index in [0.29, 0.717) is 11.4 Å². The summed E-state index contributed by atoms with van der Waals surface area (Å²) in [6.45, 7) is 0.486. The molecule has 2 aromatic rings. The lowest BCUT2D eigenvalue weighted by Gasteiger charge is -2.19. The Bertz CT molecular complexity index is 1040. The van der Waals surface area contributed by atoms with E-state index in [1.807, 2.05) is 18.2 Å². The minimum Gasteiger partial charge on any atom is -0.487 e. The van der Waals surface area contributed by atoms with Crippen molar-refractivity contribution in [1.82, 2.24) is 5.32 Å². The van der Waals surface area contributed by atoms with Gasteiger partial charge in [0.25, 0.3) is 0 Å². The molecule has 0 unspecified atom stereocenters. The Balaban J connectivity index is 1.45. The molecule has 4 rings (SSSR count). The van der Waals surface area contributed by atoms with Gasteiger partial charge < -0.3 is 10.1 Å². The lowest BCUT2D eigenvalue weighted by molar-refractivity contribution is -0.125. The number of hydrogen-bond donors (Lipinski definition) is 1. The van der Waals surface area contributed by atoms with Gasteiger partial charge >= 0.3 is 0 Å². The van der Waals surface area contributed by atoms with Gasteiger partial charge in [-0.2, -0.15) is 0 Å². The SMILES string of the molecule is CS(=O)(=O)c1ccc(-c2cccc3c2O[C@H](CNC(=O)[C@H]2CC=CCC2)C3)cc1. The Kier molecular flexibility index (Phi) is 5.46. The zero-order valence-electron chi connectivity index (χ0n) is 16.4. The number of benzene rings is 2. The molecule has 0 bridgehead atoms. The molecule has 0 radical (unpaired) electrons. The Morgan fingerprint density at radius 3 is 2.62 bits per heavy atom. The van der Waals surface area contributed by atoms with Crippen LogP contribution in [0.25, 0.3) is 11.1 Å². The fraction of sp³-hybridized carbons (Fsp3) is 0.348. The number of sulfone groups is 1. The minimum absolute atomic E-state index is 0.0627. The molecule has 0 fully saturated rings. The fourth-order valence-electron chi connectivity index (χ4n) is 3.95. The third-order valence-electron chi connectivity index (χ3n) is 5.57. The number of carbonyl (C=O) groups is 1. The second-order valence-electron chi connectivity index (χ2n) is 7.76. The molecule has 1 N–H and O–H groups in total. The van der Waals surface area contributed by atoms with Gasteiger partial charge in [-0.1, -0.05) is 42.5 Å². The number of allylic oxidation sites excluding steroid dienone is 2. The van der Waals surface area contributed by atoms with Crippen LogP contribution in [0.15, 0.2) is 59.5 Å². The summed E-state index contributed by atoms with van der Waals surface area (Å²) in [6, 6.07) is 12.9. The van der Waals surface area contributed by atoms with E-state index >= 15 is 0 Å². The van der Waals surface area contributed by atoms with Gasteiger partial charge in [-0.25, -0.2) is 8.42 Å². The predicted octanol–water partition coefficient (Wildman–Crippen LogP) is 3.53. The smallest absolute Gasteiger partial charge is 0.223 e. The Morgan fingerprint density at radius 2 is 1.93 bits per heavy atom. The van der Waals surface area contributed by atoms with Crippen LogP contribution in [0, 0.1) is 5.92 Å². The van der Waals surface area contributed by atoms with Crippen molar-refractivity contribution < 1.29 is 17.9 Å². The zero-order chi connectivity index (χ0) is 20.4.